The van der Waals surface area contributed by atoms with E-state index >= 15 is 0 Å². The Morgan fingerprint density at radius 1 is 1.15 bits per heavy atom. The highest BCUT2D eigenvalue weighted by atomic mass is 35.5. The van der Waals surface area contributed by atoms with Crippen molar-refractivity contribution in [3.63, 3.8) is 0 Å². The fourth-order valence-corrected chi connectivity index (χ4v) is 3.71. The number of thioether (sulfide) groups is 1. The van der Waals surface area contributed by atoms with E-state index < -0.39 is 0 Å². The van der Waals surface area contributed by atoms with Gasteiger partial charge in [-0.3, -0.25) is 14.5 Å². The van der Waals surface area contributed by atoms with Gasteiger partial charge in [0.25, 0.3) is 11.1 Å². The number of nitrogens with zero attached hydrogens (tertiary/aromatic N) is 1. The zero-order valence-corrected chi connectivity index (χ0v) is 15.6. The molecule has 2 amide bonds. The van der Waals surface area contributed by atoms with Crippen molar-refractivity contribution < 1.29 is 23.8 Å². The molecular formula is C19H14ClNO5S. The van der Waals surface area contributed by atoms with Gasteiger partial charge in [-0.2, -0.15) is 0 Å². The zero-order valence-electron chi connectivity index (χ0n) is 14.0. The molecule has 0 aliphatic carbocycles. The highest BCUT2D eigenvalue weighted by Crippen LogP contribution is 2.36. The molecule has 4 rings (SSSR count). The molecule has 2 aromatic carbocycles. The van der Waals surface area contributed by atoms with Gasteiger partial charge in [-0.15, -0.1) is 0 Å². The molecule has 2 heterocycles. The number of carbonyl (C=O) groups excluding carboxylic acids is 2. The van der Waals surface area contributed by atoms with E-state index in [0.717, 1.165) is 17.3 Å². The first-order valence-electron chi connectivity index (χ1n) is 8.14. The average molecular weight is 404 g/mol. The number of para-hydroxylation sites is 1. The molecule has 8 heteroatoms. The topological polar surface area (TPSA) is 65.1 Å². The molecule has 2 aliphatic heterocycles. The largest absolute Gasteiger partial charge is 0.490 e. The normalized spacial score (nSPS) is 17.1. The first kappa shape index (κ1) is 17.8. The lowest BCUT2D eigenvalue weighted by molar-refractivity contribution is -0.123. The van der Waals surface area contributed by atoms with Crippen molar-refractivity contribution in [3.05, 3.63) is 58.0 Å². The van der Waals surface area contributed by atoms with E-state index in [0.29, 0.717) is 27.2 Å². The van der Waals surface area contributed by atoms with Crippen LogP contribution in [-0.2, 0) is 4.79 Å². The van der Waals surface area contributed by atoms with Crippen molar-refractivity contribution in [2.75, 3.05) is 19.9 Å². The lowest BCUT2D eigenvalue weighted by atomic mass is 10.2. The quantitative estimate of drug-likeness (QED) is 0.697. The van der Waals surface area contributed by atoms with Crippen LogP contribution in [0.1, 0.15) is 5.56 Å². The number of ether oxygens (including phenoxy) is 3. The number of benzene rings is 2. The lowest BCUT2D eigenvalue weighted by Gasteiger charge is -2.13. The summed E-state index contributed by atoms with van der Waals surface area (Å²) in [4.78, 5) is 26.2. The number of imide groups is 1. The van der Waals surface area contributed by atoms with Crippen LogP contribution in [-0.4, -0.2) is 36.0 Å². The minimum Gasteiger partial charge on any atom is -0.490 e. The Bertz CT molecular complexity index is 945. The molecule has 0 saturated carbocycles. The van der Waals surface area contributed by atoms with Crippen LogP contribution in [0.15, 0.2) is 47.4 Å². The summed E-state index contributed by atoms with van der Waals surface area (Å²) in [5.74, 6) is 1.46. The standard InChI is InChI=1S/C19H14ClNO5S/c20-13-3-1-2-4-14(13)24-8-7-21-18(22)17(27-19(21)23)10-12-5-6-15-16(9-12)26-11-25-15/h1-6,9-10H,7-8,11H2/b17-10-. The molecule has 27 heavy (non-hydrogen) atoms. The Labute approximate surface area is 164 Å². The second-order valence-electron chi connectivity index (χ2n) is 5.72. The first-order valence-corrected chi connectivity index (χ1v) is 9.33. The van der Waals surface area contributed by atoms with Crippen LogP contribution < -0.4 is 14.2 Å². The minimum absolute atomic E-state index is 0.147. The molecule has 0 atom stereocenters. The van der Waals surface area contributed by atoms with E-state index in [1.807, 2.05) is 6.07 Å². The molecule has 1 saturated heterocycles. The van der Waals surface area contributed by atoms with Crippen LogP contribution >= 0.6 is 23.4 Å². The maximum atomic E-state index is 12.5. The minimum atomic E-state index is -0.342. The highest BCUT2D eigenvalue weighted by molar-refractivity contribution is 8.18. The third-order valence-corrected chi connectivity index (χ3v) is 5.20. The summed E-state index contributed by atoms with van der Waals surface area (Å²) in [5.41, 5.74) is 0.761. The first-order chi connectivity index (χ1) is 13.1. The van der Waals surface area contributed by atoms with E-state index in [1.165, 1.54) is 4.90 Å². The van der Waals surface area contributed by atoms with Gasteiger partial charge in [0.1, 0.15) is 12.4 Å². The summed E-state index contributed by atoms with van der Waals surface area (Å²) < 4.78 is 16.2. The predicted octanol–water partition coefficient (Wildman–Crippen LogP) is 4.18. The Balaban J connectivity index is 1.42. The van der Waals surface area contributed by atoms with E-state index in [1.54, 1.807) is 42.5 Å². The second-order valence-corrected chi connectivity index (χ2v) is 7.13. The molecule has 0 unspecified atom stereocenters. The molecule has 138 valence electrons. The Morgan fingerprint density at radius 2 is 1.96 bits per heavy atom. The third-order valence-electron chi connectivity index (χ3n) is 3.98. The molecule has 0 N–H and O–H groups in total. The van der Waals surface area contributed by atoms with Crippen LogP contribution in [0.4, 0.5) is 4.79 Å². The van der Waals surface area contributed by atoms with Crippen LogP contribution in [0, 0.1) is 0 Å². The van der Waals surface area contributed by atoms with E-state index in [-0.39, 0.29) is 31.1 Å². The molecule has 2 aromatic rings. The average Bonchev–Trinajstić information content (AvgIpc) is 3.22. The molecular weight excluding hydrogens is 390 g/mol. The highest BCUT2D eigenvalue weighted by Gasteiger charge is 2.34. The number of hydrogen-bond acceptors (Lipinski definition) is 6. The summed E-state index contributed by atoms with van der Waals surface area (Å²) in [5, 5.41) is 0.157. The predicted molar refractivity (Wildman–Crippen MR) is 102 cm³/mol. The number of amides is 2. The van der Waals surface area contributed by atoms with Crippen LogP contribution in [0.5, 0.6) is 17.2 Å². The molecule has 1 fully saturated rings. The maximum absolute atomic E-state index is 12.5. The zero-order chi connectivity index (χ0) is 18.8. The van der Waals surface area contributed by atoms with Gasteiger partial charge < -0.3 is 14.2 Å². The third kappa shape index (κ3) is 3.74. The lowest BCUT2D eigenvalue weighted by Crippen LogP contribution is -2.32. The van der Waals surface area contributed by atoms with Crippen molar-refractivity contribution in [2.45, 2.75) is 0 Å². The Kier molecular flexibility index (Phi) is 4.96. The van der Waals surface area contributed by atoms with E-state index in [4.69, 9.17) is 25.8 Å². The van der Waals surface area contributed by atoms with Crippen molar-refractivity contribution in [2.24, 2.45) is 0 Å². The maximum Gasteiger partial charge on any atom is 0.293 e. The van der Waals surface area contributed by atoms with Crippen molar-refractivity contribution in [1.82, 2.24) is 4.90 Å². The monoisotopic (exact) mass is 403 g/mol. The van der Waals surface area contributed by atoms with Gasteiger partial charge in [0, 0.05) is 0 Å². The molecule has 0 radical (unpaired) electrons. The summed E-state index contributed by atoms with van der Waals surface area (Å²) in [7, 11) is 0. The molecule has 0 bridgehead atoms. The summed E-state index contributed by atoms with van der Waals surface area (Å²) >= 11 is 6.93. The van der Waals surface area contributed by atoms with Crippen LogP contribution in [0.2, 0.25) is 5.02 Å². The van der Waals surface area contributed by atoms with Crippen molar-refractivity contribution >= 4 is 40.6 Å². The van der Waals surface area contributed by atoms with Crippen molar-refractivity contribution in [3.8, 4) is 17.2 Å². The van der Waals surface area contributed by atoms with Gasteiger partial charge in [-0.25, -0.2) is 0 Å². The molecule has 6 nitrogen and oxygen atoms in total. The van der Waals surface area contributed by atoms with Gasteiger partial charge in [-0.05, 0) is 47.7 Å². The second kappa shape index (κ2) is 7.54. The number of hydrogen-bond donors (Lipinski definition) is 0. The fraction of sp³-hybridized carbons (Fsp3) is 0.158. The van der Waals surface area contributed by atoms with E-state index in [9.17, 15) is 9.59 Å². The number of carbonyl (C=O) groups is 2. The van der Waals surface area contributed by atoms with Crippen molar-refractivity contribution in [1.29, 1.82) is 0 Å². The number of halogens is 1. The fourth-order valence-electron chi connectivity index (χ4n) is 2.66. The van der Waals surface area contributed by atoms with Gasteiger partial charge >= 0.3 is 0 Å². The van der Waals surface area contributed by atoms with Gasteiger partial charge in [0.05, 0.1) is 16.5 Å². The molecule has 0 aromatic heterocycles. The molecule has 2 aliphatic rings. The van der Waals surface area contributed by atoms with Gasteiger partial charge in [-0.1, -0.05) is 29.8 Å². The SMILES string of the molecule is O=C1S/C(=C\c2ccc3c(c2)OCO3)C(=O)N1CCOc1ccccc1Cl. The molecule has 0 spiro atoms. The number of rotatable bonds is 5. The van der Waals surface area contributed by atoms with E-state index in [2.05, 4.69) is 0 Å². The summed E-state index contributed by atoms with van der Waals surface area (Å²) in [6, 6.07) is 12.4. The summed E-state index contributed by atoms with van der Waals surface area (Å²) in [6.45, 7) is 0.494. The Hall–Kier alpha value is -2.64. The van der Waals surface area contributed by atoms with Gasteiger partial charge in [0.15, 0.2) is 11.5 Å². The Morgan fingerprint density at radius 3 is 2.81 bits per heavy atom. The van der Waals surface area contributed by atoms with Gasteiger partial charge in [0.2, 0.25) is 6.79 Å². The summed E-state index contributed by atoms with van der Waals surface area (Å²) in [6.07, 6.45) is 1.67. The van der Waals surface area contributed by atoms with Crippen LogP contribution in [0.25, 0.3) is 6.08 Å². The smallest absolute Gasteiger partial charge is 0.293 e. The number of fused-ring (bicyclic) bond motifs is 1. The van der Waals surface area contributed by atoms with Crippen LogP contribution in [0.3, 0.4) is 0 Å².